The molecule has 0 aliphatic heterocycles. The van der Waals surface area contributed by atoms with Crippen LogP contribution in [0, 0.1) is 0 Å². The van der Waals surface area contributed by atoms with Crippen LogP contribution in [0.2, 0.25) is 0 Å². The number of likely N-dealkylation sites (N-methyl/N-ethyl adjacent to an activating group) is 1. The monoisotopic (exact) mass is 263 g/mol. The highest BCUT2D eigenvalue weighted by atomic mass is 15.1. The van der Waals surface area contributed by atoms with Gasteiger partial charge in [-0.05, 0) is 44.1 Å². The number of unbranched alkanes of at least 4 members (excludes halogenated alkanes) is 3. The standard InChI is InChI=1S/C16H29N3/c1-3-4-5-6-10-17-13-15-19(2)14-9-16-7-11-18-12-8-16/h7-8,11-12,17H,3-6,9-10,13-15H2,1-2H3. The van der Waals surface area contributed by atoms with Gasteiger partial charge in [-0.25, -0.2) is 0 Å². The average molecular weight is 263 g/mol. The molecule has 0 unspecified atom stereocenters. The molecular weight excluding hydrogens is 234 g/mol. The summed E-state index contributed by atoms with van der Waals surface area (Å²) in [6, 6.07) is 4.19. The van der Waals surface area contributed by atoms with Crippen LogP contribution in [0.15, 0.2) is 24.5 Å². The molecule has 0 fully saturated rings. The first-order valence-electron chi connectivity index (χ1n) is 7.61. The van der Waals surface area contributed by atoms with Crippen LogP contribution < -0.4 is 5.32 Å². The fourth-order valence-corrected chi connectivity index (χ4v) is 2.05. The van der Waals surface area contributed by atoms with Gasteiger partial charge in [0.1, 0.15) is 0 Å². The second-order valence-corrected chi connectivity index (χ2v) is 5.22. The molecule has 1 aromatic heterocycles. The van der Waals surface area contributed by atoms with Crippen LogP contribution in [0.25, 0.3) is 0 Å². The number of pyridine rings is 1. The summed E-state index contributed by atoms with van der Waals surface area (Å²) < 4.78 is 0. The summed E-state index contributed by atoms with van der Waals surface area (Å²) in [7, 11) is 2.19. The first-order valence-corrected chi connectivity index (χ1v) is 7.61. The maximum atomic E-state index is 4.04. The van der Waals surface area contributed by atoms with Crippen LogP contribution in [0.4, 0.5) is 0 Å². The van der Waals surface area contributed by atoms with Gasteiger partial charge in [-0.15, -0.1) is 0 Å². The molecule has 3 nitrogen and oxygen atoms in total. The first kappa shape index (κ1) is 16.1. The summed E-state index contributed by atoms with van der Waals surface area (Å²) >= 11 is 0. The second-order valence-electron chi connectivity index (χ2n) is 5.22. The molecule has 19 heavy (non-hydrogen) atoms. The predicted molar refractivity (Wildman–Crippen MR) is 82.4 cm³/mol. The number of aromatic nitrogens is 1. The number of nitrogens with one attached hydrogen (secondary N) is 1. The number of rotatable bonds is 11. The minimum Gasteiger partial charge on any atom is -0.315 e. The van der Waals surface area contributed by atoms with E-state index in [9.17, 15) is 0 Å². The third-order valence-corrected chi connectivity index (χ3v) is 3.41. The highest BCUT2D eigenvalue weighted by Gasteiger charge is 1.99. The molecule has 1 heterocycles. The highest BCUT2D eigenvalue weighted by molar-refractivity contribution is 5.09. The van der Waals surface area contributed by atoms with Crippen molar-refractivity contribution in [3.05, 3.63) is 30.1 Å². The third kappa shape index (κ3) is 8.73. The van der Waals surface area contributed by atoms with Crippen molar-refractivity contribution in [2.45, 2.75) is 39.0 Å². The van der Waals surface area contributed by atoms with E-state index in [2.05, 4.69) is 41.3 Å². The van der Waals surface area contributed by atoms with Crippen molar-refractivity contribution in [1.29, 1.82) is 0 Å². The van der Waals surface area contributed by atoms with E-state index in [0.29, 0.717) is 0 Å². The van der Waals surface area contributed by atoms with Crippen molar-refractivity contribution in [2.75, 3.05) is 33.2 Å². The Hall–Kier alpha value is -0.930. The van der Waals surface area contributed by atoms with Crippen molar-refractivity contribution in [2.24, 2.45) is 0 Å². The zero-order valence-corrected chi connectivity index (χ0v) is 12.6. The molecule has 108 valence electrons. The third-order valence-electron chi connectivity index (χ3n) is 3.41. The minimum atomic E-state index is 1.10. The van der Waals surface area contributed by atoms with Gasteiger partial charge in [0.25, 0.3) is 0 Å². The Morgan fingerprint density at radius 1 is 1.05 bits per heavy atom. The Bertz CT molecular complexity index is 300. The summed E-state index contributed by atoms with van der Waals surface area (Å²) in [5.41, 5.74) is 1.37. The lowest BCUT2D eigenvalue weighted by atomic mass is 10.2. The van der Waals surface area contributed by atoms with Gasteiger partial charge in [-0.3, -0.25) is 4.98 Å². The van der Waals surface area contributed by atoms with Gasteiger partial charge in [-0.2, -0.15) is 0 Å². The Labute approximate surface area is 118 Å². The van der Waals surface area contributed by atoms with Crippen molar-refractivity contribution in [3.8, 4) is 0 Å². The van der Waals surface area contributed by atoms with Crippen LogP contribution >= 0.6 is 0 Å². The topological polar surface area (TPSA) is 28.2 Å². The largest absolute Gasteiger partial charge is 0.315 e. The van der Waals surface area contributed by atoms with E-state index in [1.807, 2.05) is 12.4 Å². The molecule has 0 aromatic carbocycles. The summed E-state index contributed by atoms with van der Waals surface area (Å²) in [5, 5.41) is 3.52. The summed E-state index contributed by atoms with van der Waals surface area (Å²) in [6.45, 7) is 6.75. The van der Waals surface area contributed by atoms with Crippen LogP contribution in [0.3, 0.4) is 0 Å². The Morgan fingerprint density at radius 3 is 2.58 bits per heavy atom. The van der Waals surface area contributed by atoms with Crippen molar-refractivity contribution in [1.82, 2.24) is 15.2 Å². The number of nitrogens with zero attached hydrogens (tertiary/aromatic N) is 2. The van der Waals surface area contributed by atoms with Gasteiger partial charge in [0.05, 0.1) is 0 Å². The van der Waals surface area contributed by atoms with Gasteiger partial charge in [0.2, 0.25) is 0 Å². The molecule has 0 bridgehead atoms. The SMILES string of the molecule is CCCCCCNCCN(C)CCc1ccncc1. The van der Waals surface area contributed by atoms with Crippen LogP contribution in [-0.4, -0.2) is 43.1 Å². The van der Waals surface area contributed by atoms with Crippen molar-refractivity contribution < 1.29 is 0 Å². The molecule has 1 N–H and O–H groups in total. The Balaban J connectivity index is 1.95. The van der Waals surface area contributed by atoms with Crippen LogP contribution in [0.5, 0.6) is 0 Å². The quantitative estimate of drug-likeness (QED) is 0.622. The van der Waals surface area contributed by atoms with E-state index in [1.54, 1.807) is 0 Å². The average Bonchev–Trinajstić information content (AvgIpc) is 2.45. The molecule has 0 aliphatic rings. The molecule has 0 radical (unpaired) electrons. The van der Waals surface area contributed by atoms with Gasteiger partial charge < -0.3 is 10.2 Å². The molecular formula is C16H29N3. The molecule has 0 spiro atoms. The van der Waals surface area contributed by atoms with Gasteiger partial charge in [0, 0.05) is 32.0 Å². The van der Waals surface area contributed by atoms with Gasteiger partial charge >= 0.3 is 0 Å². The van der Waals surface area contributed by atoms with E-state index in [0.717, 1.165) is 32.6 Å². The zero-order valence-electron chi connectivity index (χ0n) is 12.6. The van der Waals surface area contributed by atoms with Crippen LogP contribution in [-0.2, 0) is 6.42 Å². The molecule has 3 heteroatoms. The molecule has 0 saturated heterocycles. The van der Waals surface area contributed by atoms with Gasteiger partial charge in [0.15, 0.2) is 0 Å². The summed E-state index contributed by atoms with van der Waals surface area (Å²) in [4.78, 5) is 6.43. The maximum Gasteiger partial charge on any atom is 0.0270 e. The molecule has 1 rings (SSSR count). The Kier molecular flexibility index (Phi) is 9.29. The first-order chi connectivity index (χ1) is 9.33. The van der Waals surface area contributed by atoms with Gasteiger partial charge in [-0.1, -0.05) is 26.2 Å². The molecule has 0 saturated carbocycles. The molecule has 0 aliphatic carbocycles. The second kappa shape index (κ2) is 10.9. The van der Waals surface area contributed by atoms with E-state index in [4.69, 9.17) is 0 Å². The minimum absolute atomic E-state index is 1.10. The van der Waals surface area contributed by atoms with E-state index < -0.39 is 0 Å². The zero-order chi connectivity index (χ0) is 13.8. The van der Waals surface area contributed by atoms with Crippen molar-refractivity contribution >= 4 is 0 Å². The van der Waals surface area contributed by atoms with Crippen molar-refractivity contribution in [3.63, 3.8) is 0 Å². The lowest BCUT2D eigenvalue weighted by Gasteiger charge is -2.16. The highest BCUT2D eigenvalue weighted by Crippen LogP contribution is 1.99. The molecule has 0 amide bonds. The lowest BCUT2D eigenvalue weighted by Crippen LogP contribution is -2.31. The summed E-state index contributed by atoms with van der Waals surface area (Å²) in [5.74, 6) is 0. The van der Waals surface area contributed by atoms with Crippen LogP contribution in [0.1, 0.15) is 38.2 Å². The lowest BCUT2D eigenvalue weighted by molar-refractivity contribution is 0.335. The van der Waals surface area contributed by atoms with E-state index in [1.165, 1.54) is 31.2 Å². The number of hydrogen-bond acceptors (Lipinski definition) is 3. The predicted octanol–water partition coefficient (Wildman–Crippen LogP) is 2.73. The fourth-order valence-electron chi connectivity index (χ4n) is 2.05. The Morgan fingerprint density at radius 2 is 1.84 bits per heavy atom. The van der Waals surface area contributed by atoms with E-state index in [-0.39, 0.29) is 0 Å². The maximum absolute atomic E-state index is 4.04. The fraction of sp³-hybridized carbons (Fsp3) is 0.688. The molecule has 1 aromatic rings. The summed E-state index contributed by atoms with van der Waals surface area (Å²) in [6.07, 6.45) is 10.2. The van der Waals surface area contributed by atoms with E-state index >= 15 is 0 Å². The molecule has 0 atom stereocenters. The smallest absolute Gasteiger partial charge is 0.0270 e. The normalized spacial score (nSPS) is 11.1. The number of hydrogen-bond donors (Lipinski definition) is 1.